The molecule has 0 saturated carbocycles. The van der Waals surface area contributed by atoms with Crippen LogP contribution in [0.3, 0.4) is 0 Å². The molecule has 0 aliphatic carbocycles. The van der Waals surface area contributed by atoms with Crippen molar-refractivity contribution in [1.29, 1.82) is 0 Å². The summed E-state index contributed by atoms with van der Waals surface area (Å²) in [5.74, 6) is 1.74. The number of hydrogen-bond acceptors (Lipinski definition) is 4. The van der Waals surface area contributed by atoms with Gasteiger partial charge in [-0.25, -0.2) is 4.98 Å². The monoisotopic (exact) mass is 288 g/mol. The average Bonchev–Trinajstić information content (AvgIpc) is 3.17. The third-order valence-electron chi connectivity index (χ3n) is 3.92. The number of carbonyl (C=O) groups excluding carboxylic acids is 1. The largest absolute Gasteiger partial charge is 0.351 e. The lowest BCUT2D eigenvalue weighted by Crippen LogP contribution is -2.28. The molecule has 1 N–H and O–H groups in total. The van der Waals surface area contributed by atoms with E-state index in [0.717, 1.165) is 30.2 Å². The topological polar surface area (TPSA) is 75.0 Å². The van der Waals surface area contributed by atoms with Gasteiger partial charge >= 0.3 is 0 Å². The Morgan fingerprint density at radius 2 is 2.33 bits per heavy atom. The molecular weight excluding hydrogens is 268 g/mol. The summed E-state index contributed by atoms with van der Waals surface area (Å²) < 4.78 is 5.18. The number of imidazole rings is 1. The number of nitrogens with zero attached hydrogens (tertiary/aromatic N) is 3. The second-order valence-electron chi connectivity index (χ2n) is 5.96. The van der Waals surface area contributed by atoms with E-state index < -0.39 is 0 Å². The molecule has 1 aliphatic heterocycles. The molecule has 6 heteroatoms. The Bertz CT molecular complexity index is 644. The molecule has 0 spiro atoms. The second-order valence-corrected chi connectivity index (χ2v) is 5.96. The van der Waals surface area contributed by atoms with E-state index in [9.17, 15) is 4.79 Å². The predicted octanol–water partition coefficient (Wildman–Crippen LogP) is 2.46. The molecule has 1 saturated heterocycles. The van der Waals surface area contributed by atoms with Crippen molar-refractivity contribution in [2.24, 2.45) is 0 Å². The lowest BCUT2D eigenvalue weighted by atomic mass is 10.1. The molecule has 0 radical (unpaired) electrons. The van der Waals surface area contributed by atoms with Gasteiger partial charge in [0.2, 0.25) is 5.76 Å². The van der Waals surface area contributed by atoms with Crippen LogP contribution in [0.4, 0.5) is 0 Å². The second kappa shape index (κ2) is 5.35. The number of nitrogens with one attached hydrogen (secondary N) is 1. The van der Waals surface area contributed by atoms with Crippen LogP contribution >= 0.6 is 0 Å². The highest BCUT2D eigenvalue weighted by molar-refractivity contribution is 5.91. The summed E-state index contributed by atoms with van der Waals surface area (Å²) in [6, 6.07) is 1.75. The van der Waals surface area contributed by atoms with Crippen LogP contribution in [0.25, 0.3) is 0 Å². The third kappa shape index (κ3) is 2.70. The molecule has 1 amide bonds. The van der Waals surface area contributed by atoms with Gasteiger partial charge in [0, 0.05) is 37.0 Å². The highest BCUT2D eigenvalue weighted by atomic mass is 16.5. The van der Waals surface area contributed by atoms with Crippen molar-refractivity contribution >= 4 is 5.91 Å². The smallest absolute Gasteiger partial charge is 0.292 e. The molecule has 2 aromatic rings. The fraction of sp³-hybridized carbons (Fsp3) is 0.533. The summed E-state index contributed by atoms with van der Waals surface area (Å²) in [7, 11) is 0. The van der Waals surface area contributed by atoms with E-state index in [-0.39, 0.29) is 17.7 Å². The molecule has 1 atom stereocenters. The van der Waals surface area contributed by atoms with Crippen molar-refractivity contribution in [2.75, 3.05) is 13.1 Å². The van der Waals surface area contributed by atoms with Crippen LogP contribution < -0.4 is 0 Å². The number of likely N-dealkylation sites (tertiary alicyclic amines) is 1. The maximum atomic E-state index is 12.4. The molecule has 3 rings (SSSR count). The SMILES string of the molecule is Cc1cnc([C@H]2CCN(C(=O)c3cc(C(C)C)no3)C2)[nH]1. The molecule has 1 fully saturated rings. The number of aromatic nitrogens is 3. The maximum absolute atomic E-state index is 12.4. The van der Waals surface area contributed by atoms with E-state index in [1.807, 2.05) is 31.9 Å². The van der Waals surface area contributed by atoms with Gasteiger partial charge < -0.3 is 14.4 Å². The zero-order chi connectivity index (χ0) is 15.0. The Morgan fingerprint density at radius 1 is 1.52 bits per heavy atom. The fourth-order valence-corrected chi connectivity index (χ4v) is 2.63. The lowest BCUT2D eigenvalue weighted by Gasteiger charge is -2.13. The number of hydrogen-bond donors (Lipinski definition) is 1. The summed E-state index contributed by atoms with van der Waals surface area (Å²) in [5, 5.41) is 3.95. The average molecular weight is 288 g/mol. The molecule has 21 heavy (non-hydrogen) atoms. The van der Waals surface area contributed by atoms with Gasteiger partial charge in [-0.15, -0.1) is 0 Å². The van der Waals surface area contributed by atoms with Crippen molar-refractivity contribution in [2.45, 2.75) is 39.0 Å². The van der Waals surface area contributed by atoms with Gasteiger partial charge in [0.1, 0.15) is 5.82 Å². The summed E-state index contributed by atoms with van der Waals surface area (Å²) in [6.07, 6.45) is 2.75. The minimum absolute atomic E-state index is 0.0832. The summed E-state index contributed by atoms with van der Waals surface area (Å²) >= 11 is 0. The van der Waals surface area contributed by atoms with Crippen LogP contribution in [0.2, 0.25) is 0 Å². The molecule has 2 aromatic heterocycles. The Kier molecular flexibility index (Phi) is 3.53. The lowest BCUT2D eigenvalue weighted by molar-refractivity contribution is 0.0749. The number of aryl methyl sites for hydroxylation is 1. The first-order valence-corrected chi connectivity index (χ1v) is 7.32. The Balaban J connectivity index is 1.69. The van der Waals surface area contributed by atoms with Crippen LogP contribution in [-0.4, -0.2) is 39.0 Å². The standard InChI is InChI=1S/C15H20N4O2/c1-9(2)12-6-13(21-18-12)15(20)19-5-4-11(8-19)14-16-7-10(3)17-14/h6-7,9,11H,4-5,8H2,1-3H3,(H,16,17)/t11-/m0/s1. The van der Waals surface area contributed by atoms with Crippen molar-refractivity contribution in [3.63, 3.8) is 0 Å². The van der Waals surface area contributed by atoms with Crippen LogP contribution in [-0.2, 0) is 0 Å². The van der Waals surface area contributed by atoms with Crippen LogP contribution in [0.15, 0.2) is 16.8 Å². The van der Waals surface area contributed by atoms with Gasteiger partial charge in [0.05, 0.1) is 5.69 Å². The Labute approximate surface area is 123 Å². The Morgan fingerprint density at radius 3 is 2.95 bits per heavy atom. The van der Waals surface area contributed by atoms with Crippen LogP contribution in [0, 0.1) is 6.92 Å². The third-order valence-corrected chi connectivity index (χ3v) is 3.92. The van der Waals surface area contributed by atoms with Crippen molar-refractivity contribution < 1.29 is 9.32 Å². The molecule has 0 unspecified atom stereocenters. The summed E-state index contributed by atoms with van der Waals surface area (Å²) in [5.41, 5.74) is 1.86. The minimum atomic E-state index is -0.0832. The van der Waals surface area contributed by atoms with Crippen LogP contribution in [0.5, 0.6) is 0 Å². The van der Waals surface area contributed by atoms with Gasteiger partial charge in [0.15, 0.2) is 0 Å². The number of aromatic amines is 1. The summed E-state index contributed by atoms with van der Waals surface area (Å²) in [4.78, 5) is 21.9. The first kappa shape index (κ1) is 13.9. The van der Waals surface area contributed by atoms with E-state index in [1.165, 1.54) is 0 Å². The van der Waals surface area contributed by atoms with Crippen LogP contribution in [0.1, 0.15) is 59.9 Å². The molecule has 1 aliphatic rings. The van der Waals surface area contributed by atoms with Crippen molar-refractivity contribution in [1.82, 2.24) is 20.0 Å². The Hall–Kier alpha value is -2.11. The maximum Gasteiger partial charge on any atom is 0.292 e. The zero-order valence-electron chi connectivity index (χ0n) is 12.6. The van der Waals surface area contributed by atoms with Gasteiger partial charge in [-0.05, 0) is 19.3 Å². The highest BCUT2D eigenvalue weighted by Gasteiger charge is 2.31. The molecule has 0 bridgehead atoms. The number of carbonyl (C=O) groups is 1. The zero-order valence-corrected chi connectivity index (χ0v) is 12.6. The quantitative estimate of drug-likeness (QED) is 0.941. The van der Waals surface area contributed by atoms with Gasteiger partial charge in [-0.2, -0.15) is 0 Å². The molecule has 6 nitrogen and oxygen atoms in total. The first-order chi connectivity index (χ1) is 10.0. The number of rotatable bonds is 3. The van der Waals surface area contributed by atoms with E-state index in [4.69, 9.17) is 4.52 Å². The minimum Gasteiger partial charge on any atom is -0.351 e. The van der Waals surface area contributed by atoms with Crippen molar-refractivity contribution in [3.8, 4) is 0 Å². The summed E-state index contributed by atoms with van der Waals surface area (Å²) in [6.45, 7) is 7.43. The van der Waals surface area contributed by atoms with Gasteiger partial charge in [-0.1, -0.05) is 19.0 Å². The molecule has 3 heterocycles. The molecule has 0 aromatic carbocycles. The van der Waals surface area contributed by atoms with Gasteiger partial charge in [-0.3, -0.25) is 4.79 Å². The highest BCUT2D eigenvalue weighted by Crippen LogP contribution is 2.26. The molecule has 112 valence electrons. The normalized spacial score (nSPS) is 18.7. The van der Waals surface area contributed by atoms with E-state index in [2.05, 4.69) is 15.1 Å². The van der Waals surface area contributed by atoms with E-state index in [0.29, 0.717) is 12.3 Å². The predicted molar refractivity (Wildman–Crippen MR) is 77.2 cm³/mol. The first-order valence-electron chi connectivity index (χ1n) is 7.32. The number of H-pyrrole nitrogens is 1. The van der Waals surface area contributed by atoms with E-state index >= 15 is 0 Å². The fourth-order valence-electron chi connectivity index (χ4n) is 2.63. The number of amides is 1. The molecular formula is C15H20N4O2. The van der Waals surface area contributed by atoms with Gasteiger partial charge in [0.25, 0.3) is 5.91 Å². The van der Waals surface area contributed by atoms with E-state index in [1.54, 1.807) is 6.07 Å². The van der Waals surface area contributed by atoms with Crippen molar-refractivity contribution in [3.05, 3.63) is 35.2 Å².